The van der Waals surface area contributed by atoms with Crippen LogP contribution in [-0.2, 0) is 0 Å². The van der Waals surface area contributed by atoms with Crippen molar-refractivity contribution >= 4 is 5.82 Å². The fourth-order valence-electron chi connectivity index (χ4n) is 1.41. The molecule has 1 aromatic rings. The van der Waals surface area contributed by atoms with Crippen molar-refractivity contribution in [1.82, 2.24) is 4.98 Å². The highest BCUT2D eigenvalue weighted by molar-refractivity contribution is 5.36. The number of hydrogen-bond donors (Lipinski definition) is 1. The van der Waals surface area contributed by atoms with Crippen LogP contribution < -0.4 is 5.32 Å². The molecule has 1 heterocycles. The highest BCUT2D eigenvalue weighted by Crippen LogP contribution is 2.39. The van der Waals surface area contributed by atoms with Gasteiger partial charge in [0.25, 0.3) is 0 Å². The molecule has 0 radical (unpaired) electrons. The van der Waals surface area contributed by atoms with Crippen LogP contribution in [0, 0.1) is 0 Å². The molecule has 1 N–H and O–H groups in total. The van der Waals surface area contributed by atoms with Gasteiger partial charge in [0.15, 0.2) is 0 Å². The molecule has 1 aliphatic carbocycles. The SMILES string of the molecule is CCCNc1cccc(C2CC2)n1. The summed E-state index contributed by atoms with van der Waals surface area (Å²) >= 11 is 0. The van der Waals surface area contributed by atoms with Crippen LogP contribution in [0.3, 0.4) is 0 Å². The Morgan fingerprint density at radius 2 is 2.31 bits per heavy atom. The van der Waals surface area contributed by atoms with Gasteiger partial charge >= 0.3 is 0 Å². The Labute approximate surface area is 79.4 Å². The first-order valence-electron chi connectivity index (χ1n) is 5.11. The summed E-state index contributed by atoms with van der Waals surface area (Å²) in [5, 5.41) is 3.31. The van der Waals surface area contributed by atoms with Crippen LogP contribution in [-0.4, -0.2) is 11.5 Å². The van der Waals surface area contributed by atoms with E-state index >= 15 is 0 Å². The maximum atomic E-state index is 4.56. The van der Waals surface area contributed by atoms with E-state index in [9.17, 15) is 0 Å². The summed E-state index contributed by atoms with van der Waals surface area (Å²) in [4.78, 5) is 4.56. The second-order valence-corrected chi connectivity index (χ2v) is 3.65. The monoisotopic (exact) mass is 176 g/mol. The largest absolute Gasteiger partial charge is 0.370 e. The van der Waals surface area contributed by atoms with Crippen LogP contribution in [0.1, 0.15) is 37.8 Å². The molecule has 0 amide bonds. The van der Waals surface area contributed by atoms with E-state index in [0.717, 1.165) is 24.7 Å². The number of nitrogens with one attached hydrogen (secondary N) is 1. The molecule has 1 fully saturated rings. The summed E-state index contributed by atoms with van der Waals surface area (Å²) in [6.07, 6.45) is 3.80. The van der Waals surface area contributed by atoms with Crippen LogP contribution >= 0.6 is 0 Å². The highest BCUT2D eigenvalue weighted by Gasteiger charge is 2.24. The first kappa shape index (κ1) is 8.54. The molecule has 2 heteroatoms. The Morgan fingerprint density at radius 3 is 3.00 bits per heavy atom. The van der Waals surface area contributed by atoms with Crippen LogP contribution in [0.15, 0.2) is 18.2 Å². The van der Waals surface area contributed by atoms with Gasteiger partial charge in [-0.15, -0.1) is 0 Å². The minimum atomic E-state index is 0.753. The number of pyridine rings is 1. The van der Waals surface area contributed by atoms with Gasteiger partial charge in [-0.3, -0.25) is 0 Å². The fraction of sp³-hybridized carbons (Fsp3) is 0.545. The molecule has 0 aromatic carbocycles. The average Bonchev–Trinajstić information content (AvgIpc) is 2.98. The molecule has 0 unspecified atom stereocenters. The minimum absolute atomic E-state index is 0.753. The van der Waals surface area contributed by atoms with Gasteiger partial charge in [0, 0.05) is 18.2 Å². The number of rotatable bonds is 4. The zero-order valence-electron chi connectivity index (χ0n) is 8.09. The van der Waals surface area contributed by atoms with Gasteiger partial charge in [0.05, 0.1) is 0 Å². The summed E-state index contributed by atoms with van der Waals surface area (Å²) in [6, 6.07) is 6.27. The van der Waals surface area contributed by atoms with Crippen molar-refractivity contribution in [2.45, 2.75) is 32.1 Å². The second kappa shape index (κ2) is 3.77. The Balaban J connectivity index is 2.03. The summed E-state index contributed by atoms with van der Waals surface area (Å²) in [7, 11) is 0. The van der Waals surface area contributed by atoms with Crippen molar-refractivity contribution in [3.63, 3.8) is 0 Å². The zero-order valence-corrected chi connectivity index (χ0v) is 8.09. The minimum Gasteiger partial charge on any atom is -0.370 e. The molecule has 70 valence electrons. The van der Waals surface area contributed by atoms with Crippen LogP contribution in [0.4, 0.5) is 5.82 Å². The highest BCUT2D eigenvalue weighted by atomic mass is 15.0. The number of anilines is 1. The molecule has 0 aliphatic heterocycles. The maximum absolute atomic E-state index is 4.56. The molecule has 1 aromatic heterocycles. The van der Waals surface area contributed by atoms with Gasteiger partial charge in [-0.1, -0.05) is 13.0 Å². The molecule has 13 heavy (non-hydrogen) atoms. The quantitative estimate of drug-likeness (QED) is 0.763. The Bertz CT molecular complexity index is 279. The molecular weight excluding hydrogens is 160 g/mol. The van der Waals surface area contributed by atoms with Crippen LogP contribution in [0.25, 0.3) is 0 Å². The Kier molecular flexibility index (Phi) is 2.48. The third-order valence-electron chi connectivity index (χ3n) is 2.32. The second-order valence-electron chi connectivity index (χ2n) is 3.65. The average molecular weight is 176 g/mol. The smallest absolute Gasteiger partial charge is 0.126 e. The van der Waals surface area contributed by atoms with Crippen molar-refractivity contribution in [3.8, 4) is 0 Å². The predicted octanol–water partition coefficient (Wildman–Crippen LogP) is 2.78. The van der Waals surface area contributed by atoms with E-state index < -0.39 is 0 Å². The van der Waals surface area contributed by atoms with Crippen LogP contribution in [0.2, 0.25) is 0 Å². The van der Waals surface area contributed by atoms with E-state index in [0.29, 0.717) is 0 Å². The summed E-state index contributed by atoms with van der Waals surface area (Å²) in [6.45, 7) is 3.18. The molecule has 0 spiro atoms. The van der Waals surface area contributed by atoms with Crippen molar-refractivity contribution in [2.75, 3.05) is 11.9 Å². The van der Waals surface area contributed by atoms with Gasteiger partial charge in [0.1, 0.15) is 5.82 Å². The van der Waals surface area contributed by atoms with Crippen LogP contribution in [0.5, 0.6) is 0 Å². The molecule has 2 rings (SSSR count). The lowest BCUT2D eigenvalue weighted by Gasteiger charge is -2.04. The molecule has 1 aliphatic rings. The summed E-state index contributed by atoms with van der Waals surface area (Å²) in [5.74, 6) is 1.79. The van der Waals surface area contributed by atoms with Crippen molar-refractivity contribution in [2.24, 2.45) is 0 Å². The Hall–Kier alpha value is -1.05. The first-order valence-corrected chi connectivity index (χ1v) is 5.11. The predicted molar refractivity (Wildman–Crippen MR) is 55.0 cm³/mol. The molecule has 0 saturated heterocycles. The van der Waals surface area contributed by atoms with E-state index in [1.807, 2.05) is 6.07 Å². The Morgan fingerprint density at radius 1 is 1.46 bits per heavy atom. The fourth-order valence-corrected chi connectivity index (χ4v) is 1.41. The molecule has 0 atom stereocenters. The van der Waals surface area contributed by atoms with E-state index in [4.69, 9.17) is 0 Å². The van der Waals surface area contributed by atoms with E-state index in [2.05, 4.69) is 29.4 Å². The summed E-state index contributed by atoms with van der Waals surface area (Å²) < 4.78 is 0. The normalized spacial score (nSPS) is 15.8. The third-order valence-corrected chi connectivity index (χ3v) is 2.32. The number of nitrogens with zero attached hydrogens (tertiary/aromatic N) is 1. The standard InChI is InChI=1S/C11H16N2/c1-2-8-12-11-5-3-4-10(13-11)9-6-7-9/h3-5,9H,2,6-8H2,1H3,(H,12,13). The zero-order chi connectivity index (χ0) is 9.10. The lowest BCUT2D eigenvalue weighted by atomic mass is 10.2. The summed E-state index contributed by atoms with van der Waals surface area (Å²) in [5.41, 5.74) is 1.26. The third kappa shape index (κ3) is 2.20. The maximum Gasteiger partial charge on any atom is 0.126 e. The lowest BCUT2D eigenvalue weighted by molar-refractivity contribution is 0.953. The molecular formula is C11H16N2. The van der Waals surface area contributed by atoms with Crippen molar-refractivity contribution in [1.29, 1.82) is 0 Å². The number of aromatic nitrogens is 1. The van der Waals surface area contributed by atoms with Crippen molar-refractivity contribution < 1.29 is 0 Å². The lowest BCUT2D eigenvalue weighted by Crippen LogP contribution is -2.02. The molecule has 2 nitrogen and oxygen atoms in total. The van der Waals surface area contributed by atoms with E-state index in [1.165, 1.54) is 18.5 Å². The van der Waals surface area contributed by atoms with Gasteiger partial charge in [0.2, 0.25) is 0 Å². The number of hydrogen-bond acceptors (Lipinski definition) is 2. The van der Waals surface area contributed by atoms with Crippen molar-refractivity contribution in [3.05, 3.63) is 23.9 Å². The molecule has 0 bridgehead atoms. The van der Waals surface area contributed by atoms with Gasteiger partial charge < -0.3 is 5.32 Å². The van der Waals surface area contributed by atoms with E-state index in [1.54, 1.807) is 0 Å². The van der Waals surface area contributed by atoms with Gasteiger partial charge in [-0.05, 0) is 31.4 Å². The molecule has 1 saturated carbocycles. The first-order chi connectivity index (χ1) is 6.40. The topological polar surface area (TPSA) is 24.9 Å². The van der Waals surface area contributed by atoms with E-state index in [-0.39, 0.29) is 0 Å². The van der Waals surface area contributed by atoms with Gasteiger partial charge in [-0.25, -0.2) is 4.98 Å². The van der Waals surface area contributed by atoms with Gasteiger partial charge in [-0.2, -0.15) is 0 Å².